The zero-order chi connectivity index (χ0) is 19.4. The lowest BCUT2D eigenvalue weighted by Gasteiger charge is -2.14. The molecule has 3 N–H and O–H groups in total. The van der Waals surface area contributed by atoms with Crippen molar-refractivity contribution in [3.63, 3.8) is 0 Å². The summed E-state index contributed by atoms with van der Waals surface area (Å²) in [5.74, 6) is 5.70. The van der Waals surface area contributed by atoms with Crippen LogP contribution in [0.4, 0.5) is 4.79 Å². The van der Waals surface area contributed by atoms with E-state index in [1.54, 1.807) is 6.92 Å². The van der Waals surface area contributed by atoms with Crippen molar-refractivity contribution in [1.29, 1.82) is 0 Å². The van der Waals surface area contributed by atoms with E-state index in [9.17, 15) is 10.0 Å². The maximum atomic E-state index is 10.9. The van der Waals surface area contributed by atoms with Gasteiger partial charge in [-0.25, -0.2) is 4.79 Å². The van der Waals surface area contributed by atoms with Gasteiger partial charge in [-0.1, -0.05) is 52.9 Å². The third kappa shape index (κ3) is 4.59. The summed E-state index contributed by atoms with van der Waals surface area (Å²) in [5, 5.41) is 14.7. The number of primary amides is 1. The molecule has 0 aromatic heterocycles. The zero-order valence-electron chi connectivity index (χ0n) is 14.6. The first-order chi connectivity index (χ1) is 12.9. The Labute approximate surface area is 162 Å². The summed E-state index contributed by atoms with van der Waals surface area (Å²) >= 11 is 5.92. The summed E-state index contributed by atoms with van der Waals surface area (Å²) in [7, 11) is 0. The van der Waals surface area contributed by atoms with Crippen LogP contribution in [0.1, 0.15) is 36.1 Å². The van der Waals surface area contributed by atoms with E-state index in [2.05, 4.69) is 17.0 Å². The number of oxime groups is 1. The number of amides is 2. The van der Waals surface area contributed by atoms with Crippen LogP contribution >= 0.6 is 11.6 Å². The molecule has 1 aliphatic heterocycles. The first-order valence-corrected chi connectivity index (χ1v) is 8.69. The van der Waals surface area contributed by atoms with E-state index in [0.717, 1.165) is 22.4 Å². The molecule has 0 saturated carbocycles. The van der Waals surface area contributed by atoms with Gasteiger partial charge in [-0.15, -0.1) is 0 Å². The predicted octanol–water partition coefficient (Wildman–Crippen LogP) is 3.72. The molecular formula is C20H18ClN3O3. The summed E-state index contributed by atoms with van der Waals surface area (Å²) < 4.78 is 0. The van der Waals surface area contributed by atoms with Crippen LogP contribution in [-0.2, 0) is 4.84 Å². The van der Waals surface area contributed by atoms with Gasteiger partial charge < -0.3 is 10.6 Å². The van der Waals surface area contributed by atoms with Gasteiger partial charge >= 0.3 is 6.03 Å². The van der Waals surface area contributed by atoms with Gasteiger partial charge in [0.2, 0.25) is 0 Å². The molecule has 0 saturated heterocycles. The summed E-state index contributed by atoms with van der Waals surface area (Å²) in [5.41, 5.74) is 8.49. The molecule has 138 valence electrons. The van der Waals surface area contributed by atoms with Crippen LogP contribution in [0.2, 0.25) is 5.02 Å². The number of urea groups is 1. The first kappa shape index (κ1) is 18.8. The van der Waals surface area contributed by atoms with Crippen LogP contribution in [0.25, 0.3) is 0 Å². The number of nitrogens with zero attached hydrogens (tertiary/aromatic N) is 2. The van der Waals surface area contributed by atoms with Gasteiger partial charge in [-0.2, -0.15) is 5.06 Å². The predicted molar refractivity (Wildman–Crippen MR) is 102 cm³/mol. The van der Waals surface area contributed by atoms with Crippen LogP contribution in [0, 0.1) is 11.8 Å². The molecule has 0 aliphatic carbocycles. The van der Waals surface area contributed by atoms with Gasteiger partial charge in [0.1, 0.15) is 6.04 Å². The van der Waals surface area contributed by atoms with Gasteiger partial charge in [0.25, 0.3) is 0 Å². The number of halogens is 1. The smallest absolute Gasteiger partial charge is 0.339 e. The Bertz CT molecular complexity index is 931. The lowest BCUT2D eigenvalue weighted by atomic mass is 9.99. The maximum Gasteiger partial charge on any atom is 0.339 e. The number of carbonyl (C=O) groups is 1. The van der Waals surface area contributed by atoms with E-state index in [-0.39, 0.29) is 6.10 Å². The van der Waals surface area contributed by atoms with E-state index in [0.29, 0.717) is 16.5 Å². The summed E-state index contributed by atoms with van der Waals surface area (Å²) in [6, 6.07) is 13.4. The number of hydroxylamine groups is 2. The highest BCUT2D eigenvalue weighted by Crippen LogP contribution is 2.30. The third-order valence-electron chi connectivity index (χ3n) is 4.12. The summed E-state index contributed by atoms with van der Waals surface area (Å²) in [6.45, 7) is 1.58. The third-order valence-corrected chi connectivity index (χ3v) is 4.38. The van der Waals surface area contributed by atoms with E-state index in [1.165, 1.54) is 0 Å². The lowest BCUT2D eigenvalue weighted by molar-refractivity contribution is -0.0536. The molecule has 2 aromatic carbocycles. The Morgan fingerprint density at radius 2 is 2.11 bits per heavy atom. The molecule has 0 bridgehead atoms. The van der Waals surface area contributed by atoms with Crippen molar-refractivity contribution in [3.8, 4) is 11.8 Å². The quantitative estimate of drug-likeness (QED) is 0.481. The Hall–Kier alpha value is -3.01. The van der Waals surface area contributed by atoms with Gasteiger partial charge in [0.15, 0.2) is 6.10 Å². The number of hydrogen-bond acceptors (Lipinski definition) is 4. The monoisotopic (exact) mass is 383 g/mol. The van der Waals surface area contributed by atoms with Crippen molar-refractivity contribution in [2.75, 3.05) is 0 Å². The van der Waals surface area contributed by atoms with Crippen molar-refractivity contribution in [3.05, 3.63) is 70.2 Å². The maximum absolute atomic E-state index is 10.9. The SMILES string of the molecule is CC(C#Cc1cccc(C2=NOC(c3ccc(Cl)cc3)C2)c1)N(O)C(N)=O. The summed E-state index contributed by atoms with van der Waals surface area (Å²) in [4.78, 5) is 16.5. The number of rotatable bonds is 3. The van der Waals surface area contributed by atoms with E-state index >= 15 is 0 Å². The standard InChI is InChI=1S/C20H18ClN3O3/c1-13(24(26)20(22)25)5-6-14-3-2-4-16(11-14)18-12-19(27-23-18)15-7-9-17(21)10-8-15/h2-4,7-11,13,19,26H,12H2,1H3,(H2,22,25). The molecule has 2 unspecified atom stereocenters. The zero-order valence-corrected chi connectivity index (χ0v) is 15.3. The van der Waals surface area contributed by atoms with Gasteiger partial charge in [0.05, 0.1) is 5.71 Å². The minimum Gasteiger partial charge on any atom is -0.387 e. The van der Waals surface area contributed by atoms with Crippen LogP contribution in [0.5, 0.6) is 0 Å². The Kier molecular flexibility index (Phi) is 5.65. The minimum atomic E-state index is -0.948. The van der Waals surface area contributed by atoms with Crippen molar-refractivity contribution in [1.82, 2.24) is 5.06 Å². The first-order valence-electron chi connectivity index (χ1n) is 8.31. The fourth-order valence-electron chi connectivity index (χ4n) is 2.62. The Morgan fingerprint density at radius 3 is 2.81 bits per heavy atom. The molecule has 2 atom stereocenters. The molecule has 2 aromatic rings. The van der Waals surface area contributed by atoms with E-state index < -0.39 is 12.1 Å². The summed E-state index contributed by atoms with van der Waals surface area (Å²) in [6.07, 6.45) is 0.492. The fourth-order valence-corrected chi connectivity index (χ4v) is 2.75. The van der Waals surface area contributed by atoms with Crippen LogP contribution < -0.4 is 5.73 Å². The Morgan fingerprint density at radius 1 is 1.37 bits per heavy atom. The molecule has 0 radical (unpaired) electrons. The molecule has 2 amide bonds. The highest BCUT2D eigenvalue weighted by atomic mass is 35.5. The molecule has 0 spiro atoms. The second-order valence-corrected chi connectivity index (χ2v) is 6.53. The molecule has 1 aliphatic rings. The van der Waals surface area contributed by atoms with Crippen LogP contribution in [0.15, 0.2) is 53.7 Å². The molecular weight excluding hydrogens is 366 g/mol. The highest BCUT2D eigenvalue weighted by Gasteiger charge is 2.23. The second kappa shape index (κ2) is 8.12. The molecule has 1 heterocycles. The largest absolute Gasteiger partial charge is 0.387 e. The van der Waals surface area contributed by atoms with E-state index in [4.69, 9.17) is 22.2 Å². The minimum absolute atomic E-state index is 0.148. The second-order valence-electron chi connectivity index (χ2n) is 6.10. The molecule has 7 heteroatoms. The van der Waals surface area contributed by atoms with Crippen molar-refractivity contribution >= 4 is 23.3 Å². The van der Waals surface area contributed by atoms with Crippen molar-refractivity contribution in [2.24, 2.45) is 10.9 Å². The fraction of sp³-hybridized carbons (Fsp3) is 0.200. The average molecular weight is 384 g/mol. The molecule has 0 fully saturated rings. The normalized spacial score (nSPS) is 16.6. The van der Waals surface area contributed by atoms with Crippen molar-refractivity contribution in [2.45, 2.75) is 25.5 Å². The van der Waals surface area contributed by atoms with Crippen molar-refractivity contribution < 1.29 is 14.8 Å². The van der Waals surface area contributed by atoms with Crippen LogP contribution in [-0.4, -0.2) is 28.1 Å². The number of hydrogen-bond donors (Lipinski definition) is 2. The van der Waals surface area contributed by atoms with E-state index in [1.807, 2.05) is 48.5 Å². The van der Waals surface area contributed by atoms with Gasteiger partial charge in [0, 0.05) is 22.6 Å². The molecule has 6 nitrogen and oxygen atoms in total. The van der Waals surface area contributed by atoms with Crippen LogP contribution in [0.3, 0.4) is 0 Å². The Balaban J connectivity index is 1.71. The van der Waals surface area contributed by atoms with Gasteiger partial charge in [-0.05, 0) is 36.8 Å². The van der Waals surface area contributed by atoms with Gasteiger partial charge in [-0.3, -0.25) is 5.21 Å². The molecule has 3 rings (SSSR count). The lowest BCUT2D eigenvalue weighted by Crippen LogP contribution is -2.38. The number of benzene rings is 2. The topological polar surface area (TPSA) is 88.2 Å². The highest BCUT2D eigenvalue weighted by molar-refractivity contribution is 6.30. The number of nitrogens with two attached hydrogens (primary N) is 1. The average Bonchev–Trinajstić information content (AvgIpc) is 3.16. The molecule has 27 heavy (non-hydrogen) atoms. The number of carbonyl (C=O) groups excluding carboxylic acids is 1.